The summed E-state index contributed by atoms with van der Waals surface area (Å²) in [4.78, 5) is 12.6. The van der Waals surface area contributed by atoms with Crippen molar-refractivity contribution in [1.82, 2.24) is 0 Å². The zero-order chi connectivity index (χ0) is 19.8. The molecule has 0 aliphatic carbocycles. The van der Waals surface area contributed by atoms with Crippen LogP contribution in [0.15, 0.2) is 36.4 Å². The Morgan fingerprint density at radius 1 is 1.04 bits per heavy atom. The topological polar surface area (TPSA) is 66.0 Å². The van der Waals surface area contributed by atoms with Crippen molar-refractivity contribution in [3.8, 4) is 17.2 Å². The Morgan fingerprint density at radius 2 is 1.67 bits per heavy atom. The van der Waals surface area contributed by atoms with Crippen molar-refractivity contribution >= 4 is 11.7 Å². The predicted molar refractivity (Wildman–Crippen MR) is 105 cm³/mol. The lowest BCUT2D eigenvalue weighted by atomic mass is 9.95. The van der Waals surface area contributed by atoms with Crippen molar-refractivity contribution in [3.05, 3.63) is 47.5 Å². The summed E-state index contributed by atoms with van der Waals surface area (Å²) in [5.74, 6) is 0.924. The van der Waals surface area contributed by atoms with Gasteiger partial charge in [-0.2, -0.15) is 0 Å². The SMILES string of the molecule is CCC(COC(=O)c1cc(OC)c(OC)c(OC)c1)c1ccccc1NC. The number of nitrogens with one attached hydrogen (secondary N) is 1. The molecular weight excluding hydrogens is 346 g/mol. The van der Waals surface area contributed by atoms with E-state index in [4.69, 9.17) is 18.9 Å². The maximum absolute atomic E-state index is 12.6. The van der Waals surface area contributed by atoms with Gasteiger partial charge in [0.05, 0.1) is 33.5 Å². The second-order valence-electron chi connectivity index (χ2n) is 5.95. The van der Waals surface area contributed by atoms with Crippen molar-refractivity contribution < 1.29 is 23.7 Å². The van der Waals surface area contributed by atoms with Gasteiger partial charge >= 0.3 is 5.97 Å². The molecule has 1 N–H and O–H groups in total. The lowest BCUT2D eigenvalue weighted by Crippen LogP contribution is -2.14. The summed E-state index contributed by atoms with van der Waals surface area (Å²) in [5.41, 5.74) is 2.51. The van der Waals surface area contributed by atoms with E-state index in [0.717, 1.165) is 17.7 Å². The number of ether oxygens (including phenoxy) is 4. The van der Waals surface area contributed by atoms with Gasteiger partial charge in [-0.1, -0.05) is 25.1 Å². The van der Waals surface area contributed by atoms with E-state index >= 15 is 0 Å². The minimum absolute atomic E-state index is 0.0969. The number of rotatable bonds is 9. The number of esters is 1. The zero-order valence-electron chi connectivity index (χ0n) is 16.5. The van der Waals surface area contributed by atoms with Crippen molar-refractivity contribution in [3.63, 3.8) is 0 Å². The van der Waals surface area contributed by atoms with Crippen molar-refractivity contribution in [2.75, 3.05) is 40.3 Å². The summed E-state index contributed by atoms with van der Waals surface area (Å²) in [6, 6.07) is 11.2. The Labute approximate surface area is 160 Å². The molecule has 0 aromatic heterocycles. The molecule has 6 nitrogen and oxygen atoms in total. The highest BCUT2D eigenvalue weighted by Crippen LogP contribution is 2.38. The van der Waals surface area contributed by atoms with Crippen molar-refractivity contribution in [2.24, 2.45) is 0 Å². The quantitative estimate of drug-likeness (QED) is 0.668. The Bertz CT molecular complexity index is 750. The van der Waals surface area contributed by atoms with Crippen molar-refractivity contribution in [2.45, 2.75) is 19.3 Å². The average molecular weight is 373 g/mol. The summed E-state index contributed by atoms with van der Waals surface area (Å²) in [5, 5.41) is 3.19. The number of hydrogen-bond acceptors (Lipinski definition) is 6. The second kappa shape index (κ2) is 9.71. The van der Waals surface area contributed by atoms with E-state index in [1.54, 1.807) is 12.1 Å². The van der Waals surface area contributed by atoms with Crippen LogP contribution in [0.3, 0.4) is 0 Å². The predicted octanol–water partition coefficient (Wildman–Crippen LogP) is 4.10. The van der Waals surface area contributed by atoms with Crippen LogP contribution in [-0.2, 0) is 4.74 Å². The highest BCUT2D eigenvalue weighted by molar-refractivity contribution is 5.91. The molecule has 1 unspecified atom stereocenters. The minimum atomic E-state index is -0.436. The first-order valence-corrected chi connectivity index (χ1v) is 8.83. The lowest BCUT2D eigenvalue weighted by molar-refractivity contribution is 0.0476. The fraction of sp³-hybridized carbons (Fsp3) is 0.381. The molecule has 0 spiro atoms. The molecule has 2 rings (SSSR count). The Kier molecular flexibility index (Phi) is 7.34. The molecule has 0 aliphatic heterocycles. The molecule has 6 heteroatoms. The van der Waals surface area contributed by atoms with Gasteiger partial charge in [0, 0.05) is 18.7 Å². The first kappa shape index (κ1) is 20.4. The standard InChI is InChI=1S/C21H27NO5/c1-6-14(16-9-7-8-10-17(16)22-2)13-27-21(23)15-11-18(24-3)20(26-5)19(12-15)25-4/h7-12,14,22H,6,13H2,1-5H3. The van der Waals surface area contributed by atoms with Gasteiger partial charge in [-0.15, -0.1) is 0 Å². The maximum atomic E-state index is 12.6. The fourth-order valence-electron chi connectivity index (χ4n) is 2.97. The fourth-order valence-corrected chi connectivity index (χ4v) is 2.97. The van der Waals surface area contributed by atoms with Gasteiger partial charge in [0.15, 0.2) is 11.5 Å². The number of para-hydroxylation sites is 1. The van der Waals surface area contributed by atoms with E-state index in [1.165, 1.54) is 21.3 Å². The zero-order valence-corrected chi connectivity index (χ0v) is 16.5. The summed E-state index contributed by atoms with van der Waals surface area (Å²) < 4.78 is 21.5. The van der Waals surface area contributed by atoms with Gasteiger partial charge in [0.25, 0.3) is 0 Å². The van der Waals surface area contributed by atoms with Crippen LogP contribution in [0.2, 0.25) is 0 Å². The molecule has 2 aromatic carbocycles. The minimum Gasteiger partial charge on any atom is -0.493 e. The number of hydrogen-bond donors (Lipinski definition) is 1. The van der Waals surface area contributed by atoms with Crippen LogP contribution in [0, 0.1) is 0 Å². The molecule has 27 heavy (non-hydrogen) atoms. The lowest BCUT2D eigenvalue weighted by Gasteiger charge is -2.19. The van der Waals surface area contributed by atoms with E-state index in [0.29, 0.717) is 22.8 Å². The first-order chi connectivity index (χ1) is 13.1. The number of benzene rings is 2. The first-order valence-electron chi connectivity index (χ1n) is 8.83. The summed E-state index contributed by atoms with van der Waals surface area (Å²) in [6.07, 6.45) is 0.848. The largest absolute Gasteiger partial charge is 0.493 e. The molecule has 0 amide bonds. The summed E-state index contributed by atoms with van der Waals surface area (Å²) in [6.45, 7) is 2.36. The molecule has 146 valence electrons. The van der Waals surface area contributed by atoms with E-state index in [2.05, 4.69) is 12.2 Å². The van der Waals surface area contributed by atoms with Crippen LogP contribution in [0.4, 0.5) is 5.69 Å². The Morgan fingerprint density at radius 3 is 2.19 bits per heavy atom. The number of carbonyl (C=O) groups excluding carboxylic acids is 1. The average Bonchev–Trinajstić information content (AvgIpc) is 2.72. The highest BCUT2D eigenvalue weighted by atomic mass is 16.5. The van der Waals surface area contributed by atoms with Crippen LogP contribution in [-0.4, -0.2) is 41.0 Å². The highest BCUT2D eigenvalue weighted by Gasteiger charge is 2.20. The normalized spacial score (nSPS) is 11.4. The number of carbonyl (C=O) groups is 1. The van der Waals surface area contributed by atoms with Gasteiger partial charge < -0.3 is 24.3 Å². The van der Waals surface area contributed by atoms with Gasteiger partial charge in [0.2, 0.25) is 5.75 Å². The Hall–Kier alpha value is -2.89. The van der Waals surface area contributed by atoms with Gasteiger partial charge in [-0.05, 0) is 30.2 Å². The van der Waals surface area contributed by atoms with Crippen LogP contribution >= 0.6 is 0 Å². The van der Waals surface area contributed by atoms with E-state index in [-0.39, 0.29) is 12.5 Å². The molecule has 0 heterocycles. The van der Waals surface area contributed by atoms with E-state index < -0.39 is 5.97 Å². The van der Waals surface area contributed by atoms with E-state index in [9.17, 15) is 4.79 Å². The van der Waals surface area contributed by atoms with Gasteiger partial charge in [0.1, 0.15) is 0 Å². The monoisotopic (exact) mass is 373 g/mol. The van der Waals surface area contributed by atoms with Crippen LogP contribution in [0.5, 0.6) is 17.2 Å². The molecule has 0 aliphatic rings. The molecule has 0 fully saturated rings. The van der Waals surface area contributed by atoms with Crippen LogP contribution < -0.4 is 19.5 Å². The molecule has 1 atom stereocenters. The second-order valence-corrected chi connectivity index (χ2v) is 5.95. The smallest absolute Gasteiger partial charge is 0.338 e. The molecule has 2 aromatic rings. The van der Waals surface area contributed by atoms with Gasteiger partial charge in [-0.3, -0.25) is 0 Å². The summed E-state index contributed by atoms with van der Waals surface area (Å²) in [7, 11) is 6.42. The third-order valence-corrected chi connectivity index (χ3v) is 4.48. The van der Waals surface area contributed by atoms with E-state index in [1.807, 2.05) is 31.3 Å². The number of anilines is 1. The molecular formula is C21H27NO5. The number of methoxy groups -OCH3 is 3. The maximum Gasteiger partial charge on any atom is 0.338 e. The van der Waals surface area contributed by atoms with Crippen LogP contribution in [0.1, 0.15) is 35.2 Å². The molecule has 0 saturated heterocycles. The summed E-state index contributed by atoms with van der Waals surface area (Å²) >= 11 is 0. The Balaban J connectivity index is 2.19. The third kappa shape index (κ3) is 4.64. The molecule has 0 bridgehead atoms. The third-order valence-electron chi connectivity index (χ3n) is 4.48. The molecule has 0 saturated carbocycles. The van der Waals surface area contributed by atoms with Gasteiger partial charge in [-0.25, -0.2) is 4.79 Å². The van der Waals surface area contributed by atoms with Crippen molar-refractivity contribution in [1.29, 1.82) is 0 Å². The van der Waals surface area contributed by atoms with Crippen LogP contribution in [0.25, 0.3) is 0 Å². The molecule has 0 radical (unpaired) electrons.